The predicted octanol–water partition coefficient (Wildman–Crippen LogP) is 1.58. The van der Waals surface area contributed by atoms with Crippen LogP contribution >= 0.6 is 0 Å². The monoisotopic (exact) mass is 425 g/mol. The molecule has 2 atom stereocenters. The van der Waals surface area contributed by atoms with Crippen molar-refractivity contribution >= 4 is 36.1 Å². The summed E-state index contributed by atoms with van der Waals surface area (Å²) in [6.45, 7) is 2.95. The molecule has 0 radical (unpaired) electrons. The molecule has 26 heavy (non-hydrogen) atoms. The molecule has 2 rings (SSSR count). The minimum Gasteiger partial charge on any atom is -0.481 e. The maximum Gasteiger partial charge on any atom is 0.310 e. The standard InChI is InChI=1S/C9H10O2.C8H10AsNO5/c1-7(9(10)11)8-5-3-2-4-6-8;1-6(11)10-8-5-3-2-4-7(8)9(12,13)15-14/h2-7H,1H3,(H,10,11);2-5,14H,1H3,(H,10,11)(H,12,13). The molecule has 2 unspecified atom stereocenters. The van der Waals surface area contributed by atoms with E-state index in [1.54, 1.807) is 13.0 Å². The van der Waals surface area contributed by atoms with Crippen molar-refractivity contribution in [1.82, 2.24) is 0 Å². The van der Waals surface area contributed by atoms with E-state index in [9.17, 15) is 17.4 Å². The van der Waals surface area contributed by atoms with Crippen LogP contribution in [0.4, 0.5) is 5.69 Å². The van der Waals surface area contributed by atoms with Gasteiger partial charge in [0.15, 0.2) is 0 Å². The number of benzene rings is 2. The van der Waals surface area contributed by atoms with E-state index in [0.29, 0.717) is 0 Å². The summed E-state index contributed by atoms with van der Waals surface area (Å²) in [5.74, 6) is -1.57. The predicted molar refractivity (Wildman–Crippen MR) is 95.2 cm³/mol. The molecule has 0 bridgehead atoms. The molecule has 2 aromatic carbocycles. The molecule has 0 aliphatic carbocycles. The topological polar surface area (TPSA) is 133 Å². The fourth-order valence-electron chi connectivity index (χ4n) is 1.94. The third kappa shape index (κ3) is 6.49. The molecular weight excluding hydrogens is 405 g/mol. The van der Waals surface area contributed by atoms with Crippen LogP contribution in [0.5, 0.6) is 0 Å². The summed E-state index contributed by atoms with van der Waals surface area (Å²) in [5.41, 5.74) is 1.00. The van der Waals surface area contributed by atoms with Gasteiger partial charge in [-0.25, -0.2) is 0 Å². The van der Waals surface area contributed by atoms with Crippen LogP contribution in [0.25, 0.3) is 0 Å². The van der Waals surface area contributed by atoms with Crippen LogP contribution in [0.3, 0.4) is 0 Å². The Morgan fingerprint density at radius 2 is 1.62 bits per heavy atom. The molecule has 0 saturated heterocycles. The van der Waals surface area contributed by atoms with Gasteiger partial charge >= 0.3 is 94.4 Å². The second kappa shape index (κ2) is 9.94. The maximum absolute atomic E-state index is 11.4. The summed E-state index contributed by atoms with van der Waals surface area (Å²) >= 11 is -4.92. The average Bonchev–Trinajstić information content (AvgIpc) is 2.62. The van der Waals surface area contributed by atoms with E-state index in [0.717, 1.165) is 5.56 Å². The quantitative estimate of drug-likeness (QED) is 0.325. The maximum atomic E-state index is 11.4. The first-order valence-corrected chi connectivity index (χ1v) is 10.8. The van der Waals surface area contributed by atoms with Gasteiger partial charge in [-0.3, -0.25) is 4.79 Å². The van der Waals surface area contributed by atoms with E-state index >= 15 is 0 Å². The van der Waals surface area contributed by atoms with Crippen LogP contribution in [0.15, 0.2) is 54.6 Å². The molecule has 0 saturated carbocycles. The minimum atomic E-state index is -4.92. The zero-order chi connectivity index (χ0) is 19.7. The Balaban J connectivity index is 0.000000273. The number of hydrogen-bond acceptors (Lipinski definition) is 5. The number of anilines is 1. The van der Waals surface area contributed by atoms with Gasteiger partial charge in [0.25, 0.3) is 0 Å². The van der Waals surface area contributed by atoms with E-state index in [-0.39, 0.29) is 15.9 Å². The molecule has 0 fully saturated rings. The van der Waals surface area contributed by atoms with E-state index in [4.69, 9.17) is 10.4 Å². The molecule has 2 aromatic rings. The fraction of sp³-hybridized carbons (Fsp3) is 0.176. The summed E-state index contributed by atoms with van der Waals surface area (Å²) in [5, 5.41) is 19.3. The van der Waals surface area contributed by atoms with Crippen molar-refractivity contribution in [3.63, 3.8) is 0 Å². The molecule has 0 heterocycles. The molecule has 9 heteroatoms. The zero-order valence-corrected chi connectivity index (χ0v) is 16.1. The van der Waals surface area contributed by atoms with Crippen LogP contribution in [0.2, 0.25) is 0 Å². The van der Waals surface area contributed by atoms with Gasteiger partial charge in [-0.1, -0.05) is 30.3 Å². The van der Waals surface area contributed by atoms with Crippen molar-refractivity contribution in [3.05, 3.63) is 60.2 Å². The normalized spacial score (nSPS) is 13.5. The second-order valence-electron chi connectivity index (χ2n) is 5.27. The van der Waals surface area contributed by atoms with Crippen LogP contribution in [0.1, 0.15) is 25.3 Å². The molecule has 0 spiro atoms. The first-order chi connectivity index (χ1) is 12.2. The number of rotatable bonds is 5. The van der Waals surface area contributed by atoms with Crippen molar-refractivity contribution in [2.24, 2.45) is 0 Å². The summed E-state index contributed by atoms with van der Waals surface area (Å²) in [6.07, 6.45) is 0. The number of hydrogen-bond donors (Lipinski definition) is 4. The van der Waals surface area contributed by atoms with Gasteiger partial charge in [-0.05, 0) is 12.5 Å². The molecule has 8 nitrogen and oxygen atoms in total. The number of carbonyl (C=O) groups is 2. The van der Waals surface area contributed by atoms with Gasteiger partial charge in [-0.15, -0.1) is 0 Å². The van der Waals surface area contributed by atoms with Crippen LogP contribution in [-0.4, -0.2) is 40.5 Å². The van der Waals surface area contributed by atoms with Crippen LogP contribution in [0, 0.1) is 0 Å². The van der Waals surface area contributed by atoms with E-state index < -0.39 is 26.1 Å². The van der Waals surface area contributed by atoms with Gasteiger partial charge in [-0.2, -0.15) is 0 Å². The van der Waals surface area contributed by atoms with E-state index in [1.165, 1.54) is 25.1 Å². The number of para-hydroxylation sites is 1. The fourth-order valence-corrected chi connectivity index (χ4v) is 3.62. The third-order valence-corrected chi connectivity index (χ3v) is 5.86. The molecular formula is C17H20AsNO7. The molecule has 140 valence electrons. The number of carboxylic acids is 1. The average molecular weight is 425 g/mol. The van der Waals surface area contributed by atoms with Crippen molar-refractivity contribution in [2.75, 3.05) is 5.32 Å². The Bertz CT molecular complexity index is 795. The van der Waals surface area contributed by atoms with E-state index in [2.05, 4.69) is 9.19 Å². The minimum absolute atomic E-state index is 0.103. The Kier molecular flexibility index (Phi) is 8.28. The molecule has 0 aliphatic rings. The summed E-state index contributed by atoms with van der Waals surface area (Å²) in [6, 6.07) is 15.0. The Labute approximate surface area is 153 Å². The van der Waals surface area contributed by atoms with Crippen LogP contribution in [-0.2, 0) is 17.2 Å². The zero-order valence-electron chi connectivity index (χ0n) is 14.2. The summed E-state index contributed by atoms with van der Waals surface area (Å²) < 4.78 is 24.1. The van der Waals surface area contributed by atoms with Crippen molar-refractivity contribution in [1.29, 1.82) is 0 Å². The van der Waals surface area contributed by atoms with Crippen molar-refractivity contribution in [2.45, 2.75) is 19.8 Å². The number of carboxylic acid groups (broad SMARTS) is 1. The second-order valence-corrected chi connectivity index (χ2v) is 8.81. The Morgan fingerprint density at radius 1 is 1.08 bits per heavy atom. The smallest absolute Gasteiger partial charge is 0.310 e. The third-order valence-electron chi connectivity index (χ3n) is 3.30. The summed E-state index contributed by atoms with van der Waals surface area (Å²) in [7, 11) is 0. The largest absolute Gasteiger partial charge is 0.481 e. The van der Waals surface area contributed by atoms with Gasteiger partial charge < -0.3 is 5.11 Å². The first kappa shape index (κ1) is 21.7. The molecule has 1 amide bonds. The van der Waals surface area contributed by atoms with Crippen LogP contribution < -0.4 is 9.67 Å². The Morgan fingerprint density at radius 3 is 2.12 bits per heavy atom. The first-order valence-electron chi connectivity index (χ1n) is 7.50. The van der Waals surface area contributed by atoms with Crippen molar-refractivity contribution < 1.29 is 31.7 Å². The Hall–Kier alpha value is -2.38. The van der Waals surface area contributed by atoms with E-state index in [1.807, 2.05) is 30.3 Å². The van der Waals surface area contributed by atoms with Gasteiger partial charge in [0.1, 0.15) is 0 Å². The molecule has 0 aliphatic heterocycles. The number of nitrogens with one attached hydrogen (secondary N) is 1. The number of aliphatic carboxylic acids is 1. The van der Waals surface area contributed by atoms with Gasteiger partial charge in [0.05, 0.1) is 5.92 Å². The summed E-state index contributed by atoms with van der Waals surface area (Å²) in [4.78, 5) is 21.3. The SMILES string of the molecule is CC(=O)Nc1ccccc1[As](=O)(O)OO.CC(C(=O)O)c1ccccc1. The van der Waals surface area contributed by atoms with Gasteiger partial charge in [0.2, 0.25) is 0 Å². The number of amides is 1. The van der Waals surface area contributed by atoms with Gasteiger partial charge in [0, 0.05) is 0 Å². The number of carbonyl (C=O) groups excluding carboxylic acids is 1. The molecule has 4 N–H and O–H groups in total. The molecule has 0 aromatic heterocycles. The van der Waals surface area contributed by atoms with Crippen molar-refractivity contribution in [3.8, 4) is 0 Å².